The van der Waals surface area contributed by atoms with Gasteiger partial charge in [0.2, 0.25) is 0 Å². The molecule has 13 heavy (non-hydrogen) atoms. The van der Waals surface area contributed by atoms with E-state index < -0.39 is 5.97 Å². The standard InChI is InChI=1S/C10H12O2S/c1-6(10(11)12)8-3-2-7-4-13-5-9(7)8/h4-6,8H,2-3H2,1H3,(H,11,12). The van der Waals surface area contributed by atoms with E-state index in [-0.39, 0.29) is 11.8 Å². The molecule has 0 saturated heterocycles. The average molecular weight is 196 g/mol. The summed E-state index contributed by atoms with van der Waals surface area (Å²) in [6.07, 6.45) is 2.06. The van der Waals surface area contributed by atoms with E-state index in [2.05, 4.69) is 10.8 Å². The Morgan fingerprint density at radius 1 is 1.69 bits per heavy atom. The van der Waals surface area contributed by atoms with Gasteiger partial charge < -0.3 is 5.11 Å². The fourth-order valence-corrected chi connectivity index (χ4v) is 2.98. The SMILES string of the molecule is CC(C(=O)O)C1CCc2cscc21. The molecule has 2 nitrogen and oxygen atoms in total. The predicted molar refractivity (Wildman–Crippen MR) is 52.2 cm³/mol. The van der Waals surface area contributed by atoms with Crippen molar-refractivity contribution < 1.29 is 9.90 Å². The van der Waals surface area contributed by atoms with Gasteiger partial charge in [-0.2, -0.15) is 11.3 Å². The van der Waals surface area contributed by atoms with Crippen LogP contribution in [0.1, 0.15) is 30.4 Å². The molecular weight excluding hydrogens is 184 g/mol. The van der Waals surface area contributed by atoms with Gasteiger partial charge >= 0.3 is 5.97 Å². The maximum Gasteiger partial charge on any atom is 0.306 e. The molecular formula is C10H12O2S. The van der Waals surface area contributed by atoms with Gasteiger partial charge in [-0.15, -0.1) is 0 Å². The van der Waals surface area contributed by atoms with Crippen LogP contribution in [0, 0.1) is 5.92 Å². The second-order valence-corrected chi connectivity index (χ2v) is 4.37. The Balaban J connectivity index is 2.25. The van der Waals surface area contributed by atoms with E-state index >= 15 is 0 Å². The van der Waals surface area contributed by atoms with E-state index in [1.165, 1.54) is 11.1 Å². The molecule has 3 heteroatoms. The zero-order valence-electron chi connectivity index (χ0n) is 7.49. The van der Waals surface area contributed by atoms with Crippen molar-refractivity contribution in [2.45, 2.75) is 25.7 Å². The summed E-state index contributed by atoms with van der Waals surface area (Å²) in [5.41, 5.74) is 2.64. The smallest absolute Gasteiger partial charge is 0.306 e. The molecule has 1 aromatic rings. The molecule has 1 aromatic heterocycles. The lowest BCUT2D eigenvalue weighted by molar-refractivity contribution is -0.141. The van der Waals surface area contributed by atoms with Gasteiger partial charge in [0.15, 0.2) is 0 Å². The second-order valence-electron chi connectivity index (χ2n) is 3.62. The zero-order chi connectivity index (χ0) is 9.42. The first-order valence-corrected chi connectivity index (χ1v) is 5.42. The van der Waals surface area contributed by atoms with Crippen LogP contribution in [-0.2, 0) is 11.2 Å². The Morgan fingerprint density at radius 3 is 3.15 bits per heavy atom. The van der Waals surface area contributed by atoms with Gasteiger partial charge in [0.1, 0.15) is 0 Å². The third-order valence-corrected chi connectivity index (χ3v) is 3.70. The summed E-state index contributed by atoms with van der Waals surface area (Å²) in [5, 5.41) is 13.2. The third kappa shape index (κ3) is 1.37. The molecule has 70 valence electrons. The highest BCUT2D eigenvalue weighted by atomic mass is 32.1. The van der Waals surface area contributed by atoms with Crippen molar-refractivity contribution >= 4 is 17.3 Å². The summed E-state index contributed by atoms with van der Waals surface area (Å²) < 4.78 is 0. The van der Waals surface area contributed by atoms with Crippen molar-refractivity contribution in [3.8, 4) is 0 Å². The van der Waals surface area contributed by atoms with E-state index in [1.54, 1.807) is 18.3 Å². The van der Waals surface area contributed by atoms with Crippen molar-refractivity contribution in [1.82, 2.24) is 0 Å². The van der Waals surface area contributed by atoms with Gasteiger partial charge in [-0.1, -0.05) is 6.92 Å². The van der Waals surface area contributed by atoms with Crippen LogP contribution in [0.3, 0.4) is 0 Å². The molecule has 0 saturated carbocycles. The predicted octanol–water partition coefficient (Wildman–Crippen LogP) is 2.50. The molecule has 0 aliphatic heterocycles. The Bertz CT molecular complexity index is 329. The molecule has 2 atom stereocenters. The lowest BCUT2D eigenvalue weighted by Crippen LogP contribution is -2.16. The fourth-order valence-electron chi connectivity index (χ4n) is 2.02. The van der Waals surface area contributed by atoms with Gasteiger partial charge in [-0.25, -0.2) is 0 Å². The number of aryl methyl sites for hydroxylation is 1. The van der Waals surface area contributed by atoms with Crippen LogP contribution >= 0.6 is 11.3 Å². The van der Waals surface area contributed by atoms with Crippen molar-refractivity contribution in [3.63, 3.8) is 0 Å². The van der Waals surface area contributed by atoms with Crippen LogP contribution in [0.15, 0.2) is 10.8 Å². The van der Waals surface area contributed by atoms with Crippen LogP contribution in [-0.4, -0.2) is 11.1 Å². The number of fused-ring (bicyclic) bond motifs is 1. The molecule has 0 spiro atoms. The van der Waals surface area contributed by atoms with E-state index in [4.69, 9.17) is 5.11 Å². The Labute approximate surface area is 81.2 Å². The number of carboxylic acids is 1. The molecule has 1 aliphatic rings. The van der Waals surface area contributed by atoms with Crippen LogP contribution in [0.2, 0.25) is 0 Å². The van der Waals surface area contributed by atoms with Gasteiger partial charge in [0.05, 0.1) is 5.92 Å². The summed E-state index contributed by atoms with van der Waals surface area (Å²) in [7, 11) is 0. The first-order chi connectivity index (χ1) is 6.20. The van der Waals surface area contributed by atoms with Gasteiger partial charge in [-0.3, -0.25) is 4.79 Å². The molecule has 0 amide bonds. The zero-order valence-corrected chi connectivity index (χ0v) is 8.30. The third-order valence-electron chi connectivity index (χ3n) is 2.89. The minimum absolute atomic E-state index is 0.240. The number of carbonyl (C=O) groups is 1. The number of thiophene rings is 1. The topological polar surface area (TPSA) is 37.3 Å². The van der Waals surface area contributed by atoms with Gasteiger partial charge in [0, 0.05) is 0 Å². The highest BCUT2D eigenvalue weighted by Gasteiger charge is 2.31. The van der Waals surface area contributed by atoms with Crippen LogP contribution in [0.25, 0.3) is 0 Å². The Morgan fingerprint density at radius 2 is 2.46 bits per heavy atom. The lowest BCUT2D eigenvalue weighted by atomic mass is 9.90. The Hall–Kier alpha value is -0.830. The minimum Gasteiger partial charge on any atom is -0.481 e. The first-order valence-electron chi connectivity index (χ1n) is 4.48. The van der Waals surface area contributed by atoms with Gasteiger partial charge in [-0.05, 0) is 40.6 Å². The highest BCUT2D eigenvalue weighted by molar-refractivity contribution is 7.08. The quantitative estimate of drug-likeness (QED) is 0.789. The Kier molecular flexibility index (Phi) is 2.12. The molecule has 0 aromatic carbocycles. The van der Waals surface area contributed by atoms with Crippen molar-refractivity contribution in [3.05, 3.63) is 21.9 Å². The monoisotopic (exact) mass is 196 g/mol. The summed E-state index contributed by atoms with van der Waals surface area (Å²) in [4.78, 5) is 10.8. The fraction of sp³-hybridized carbons (Fsp3) is 0.500. The van der Waals surface area contributed by atoms with E-state index in [0.29, 0.717) is 0 Å². The van der Waals surface area contributed by atoms with Crippen molar-refractivity contribution in [2.75, 3.05) is 0 Å². The molecule has 0 radical (unpaired) electrons. The minimum atomic E-state index is -0.677. The number of hydrogen-bond acceptors (Lipinski definition) is 2. The maximum absolute atomic E-state index is 10.8. The summed E-state index contributed by atoms with van der Waals surface area (Å²) >= 11 is 1.68. The van der Waals surface area contributed by atoms with Crippen molar-refractivity contribution in [1.29, 1.82) is 0 Å². The summed E-state index contributed by atoms with van der Waals surface area (Å²) in [5.74, 6) is -0.668. The van der Waals surface area contributed by atoms with Crippen LogP contribution in [0.5, 0.6) is 0 Å². The molecule has 0 bridgehead atoms. The molecule has 1 N–H and O–H groups in total. The second kappa shape index (κ2) is 3.14. The summed E-state index contributed by atoms with van der Waals surface area (Å²) in [6, 6.07) is 0. The number of rotatable bonds is 2. The van der Waals surface area contributed by atoms with E-state index in [9.17, 15) is 4.79 Å². The highest BCUT2D eigenvalue weighted by Crippen LogP contribution is 2.40. The number of aliphatic carboxylic acids is 1. The van der Waals surface area contributed by atoms with E-state index in [1.807, 2.05) is 0 Å². The molecule has 2 rings (SSSR count). The maximum atomic E-state index is 10.8. The summed E-state index contributed by atoms with van der Waals surface area (Å²) in [6.45, 7) is 1.81. The molecule has 2 unspecified atom stereocenters. The van der Waals surface area contributed by atoms with Crippen molar-refractivity contribution in [2.24, 2.45) is 5.92 Å². The first kappa shape index (κ1) is 8.75. The van der Waals surface area contributed by atoms with Crippen LogP contribution < -0.4 is 0 Å². The number of hydrogen-bond donors (Lipinski definition) is 1. The number of carboxylic acid groups (broad SMARTS) is 1. The van der Waals surface area contributed by atoms with Gasteiger partial charge in [0.25, 0.3) is 0 Å². The van der Waals surface area contributed by atoms with Crippen LogP contribution in [0.4, 0.5) is 0 Å². The lowest BCUT2D eigenvalue weighted by Gasteiger charge is -2.14. The normalized spacial score (nSPS) is 22.7. The molecule has 0 fully saturated rings. The molecule has 1 aliphatic carbocycles. The largest absolute Gasteiger partial charge is 0.481 e. The van der Waals surface area contributed by atoms with E-state index in [0.717, 1.165) is 12.8 Å². The average Bonchev–Trinajstić information content (AvgIpc) is 2.61. The molecule has 1 heterocycles.